The van der Waals surface area contributed by atoms with E-state index in [-0.39, 0.29) is 6.54 Å². The molecular formula is C20H20ClNO3S. The maximum atomic E-state index is 12.3. The molecular weight excluding hydrogens is 370 g/mol. The van der Waals surface area contributed by atoms with E-state index in [4.69, 9.17) is 16.0 Å². The largest absolute Gasteiger partial charge is 0.466 e. The fraction of sp³-hybridized carbons (Fsp3) is 0.200. The molecule has 1 heterocycles. The van der Waals surface area contributed by atoms with Gasteiger partial charge in [-0.2, -0.15) is 0 Å². The number of sulfonamides is 1. The molecule has 136 valence electrons. The maximum absolute atomic E-state index is 12.3. The van der Waals surface area contributed by atoms with Gasteiger partial charge in [0.25, 0.3) is 0 Å². The fourth-order valence-corrected chi connectivity index (χ4v) is 3.82. The SMILES string of the molecule is Cc1ccc(Cc2ccc(N(Cc3ccccc3Cl)S(C)(=O)=O)cc2)o1. The minimum Gasteiger partial charge on any atom is -0.466 e. The van der Waals surface area contributed by atoms with Crippen LogP contribution in [0.5, 0.6) is 0 Å². The van der Waals surface area contributed by atoms with Gasteiger partial charge in [-0.25, -0.2) is 8.42 Å². The normalized spacial score (nSPS) is 11.5. The summed E-state index contributed by atoms with van der Waals surface area (Å²) in [5.41, 5.74) is 2.41. The fourth-order valence-electron chi connectivity index (χ4n) is 2.74. The zero-order chi connectivity index (χ0) is 18.7. The minimum absolute atomic E-state index is 0.190. The van der Waals surface area contributed by atoms with E-state index in [2.05, 4.69) is 0 Å². The van der Waals surface area contributed by atoms with Crippen LogP contribution in [0.25, 0.3) is 0 Å². The van der Waals surface area contributed by atoms with Crippen LogP contribution >= 0.6 is 11.6 Å². The highest BCUT2D eigenvalue weighted by atomic mass is 35.5. The quantitative estimate of drug-likeness (QED) is 0.608. The van der Waals surface area contributed by atoms with Gasteiger partial charge in [-0.15, -0.1) is 0 Å². The first kappa shape index (κ1) is 18.5. The first-order valence-electron chi connectivity index (χ1n) is 8.18. The van der Waals surface area contributed by atoms with Crippen LogP contribution in [-0.2, 0) is 23.0 Å². The first-order chi connectivity index (χ1) is 12.3. The number of furan rings is 1. The molecule has 0 bridgehead atoms. The van der Waals surface area contributed by atoms with E-state index in [1.165, 1.54) is 10.6 Å². The number of hydrogen-bond acceptors (Lipinski definition) is 3. The second-order valence-corrected chi connectivity index (χ2v) is 8.53. The van der Waals surface area contributed by atoms with Gasteiger partial charge in [-0.05, 0) is 48.4 Å². The maximum Gasteiger partial charge on any atom is 0.232 e. The Morgan fingerprint density at radius 1 is 1.00 bits per heavy atom. The zero-order valence-corrected chi connectivity index (χ0v) is 16.2. The molecule has 0 saturated heterocycles. The highest BCUT2D eigenvalue weighted by Gasteiger charge is 2.19. The Balaban J connectivity index is 1.84. The summed E-state index contributed by atoms with van der Waals surface area (Å²) in [5, 5.41) is 0.547. The Morgan fingerprint density at radius 3 is 2.27 bits per heavy atom. The molecule has 0 aliphatic heterocycles. The van der Waals surface area contributed by atoms with Crippen LogP contribution in [0.4, 0.5) is 5.69 Å². The lowest BCUT2D eigenvalue weighted by atomic mass is 10.1. The van der Waals surface area contributed by atoms with E-state index < -0.39 is 10.0 Å². The van der Waals surface area contributed by atoms with Crippen molar-refractivity contribution in [2.45, 2.75) is 19.9 Å². The summed E-state index contributed by atoms with van der Waals surface area (Å²) in [6.07, 6.45) is 1.86. The summed E-state index contributed by atoms with van der Waals surface area (Å²) in [4.78, 5) is 0. The molecule has 0 fully saturated rings. The molecule has 1 aromatic heterocycles. The van der Waals surface area contributed by atoms with Crippen LogP contribution in [0.3, 0.4) is 0 Å². The minimum atomic E-state index is -3.45. The van der Waals surface area contributed by atoms with E-state index in [1.807, 2.05) is 61.5 Å². The molecule has 0 saturated carbocycles. The van der Waals surface area contributed by atoms with Gasteiger partial charge in [-0.3, -0.25) is 4.31 Å². The van der Waals surface area contributed by atoms with Crippen LogP contribution < -0.4 is 4.31 Å². The van der Waals surface area contributed by atoms with Gasteiger partial charge in [0.1, 0.15) is 11.5 Å². The van der Waals surface area contributed by atoms with Gasteiger partial charge in [0, 0.05) is 11.4 Å². The van der Waals surface area contributed by atoms with Gasteiger partial charge in [0.2, 0.25) is 10.0 Å². The van der Waals surface area contributed by atoms with E-state index >= 15 is 0 Å². The molecule has 3 rings (SSSR count). The third-order valence-electron chi connectivity index (χ3n) is 4.07. The monoisotopic (exact) mass is 389 g/mol. The molecule has 26 heavy (non-hydrogen) atoms. The van der Waals surface area contributed by atoms with Gasteiger partial charge in [-0.1, -0.05) is 41.9 Å². The smallest absolute Gasteiger partial charge is 0.232 e. The van der Waals surface area contributed by atoms with Gasteiger partial charge in [0.15, 0.2) is 0 Å². The zero-order valence-electron chi connectivity index (χ0n) is 14.6. The lowest BCUT2D eigenvalue weighted by Crippen LogP contribution is -2.29. The Labute approximate surface area is 159 Å². The Morgan fingerprint density at radius 2 is 1.69 bits per heavy atom. The average Bonchev–Trinajstić information content (AvgIpc) is 2.99. The number of aryl methyl sites for hydroxylation is 1. The second kappa shape index (κ2) is 7.56. The Hall–Kier alpha value is -2.24. The summed E-state index contributed by atoms with van der Waals surface area (Å²) >= 11 is 6.19. The van der Waals surface area contributed by atoms with Crippen molar-refractivity contribution < 1.29 is 12.8 Å². The Kier molecular flexibility index (Phi) is 5.39. The van der Waals surface area contributed by atoms with E-state index in [9.17, 15) is 8.42 Å². The summed E-state index contributed by atoms with van der Waals surface area (Å²) in [6, 6.07) is 18.6. The number of anilines is 1. The molecule has 0 amide bonds. The molecule has 0 N–H and O–H groups in total. The summed E-state index contributed by atoms with van der Waals surface area (Å²) in [7, 11) is -3.45. The standard InChI is InChI=1S/C20H20ClNO3S/c1-15-7-12-19(25-15)13-16-8-10-18(11-9-16)22(26(2,23)24)14-17-5-3-4-6-20(17)21/h3-12H,13-14H2,1-2H3. The van der Waals surface area contributed by atoms with Crippen molar-refractivity contribution in [3.05, 3.63) is 88.3 Å². The molecule has 0 radical (unpaired) electrons. The predicted molar refractivity (Wildman–Crippen MR) is 105 cm³/mol. The number of halogens is 1. The summed E-state index contributed by atoms with van der Waals surface area (Å²) in [6.45, 7) is 2.10. The van der Waals surface area contributed by atoms with Gasteiger partial charge < -0.3 is 4.42 Å². The van der Waals surface area contributed by atoms with Crippen molar-refractivity contribution in [3.8, 4) is 0 Å². The predicted octanol–water partition coefficient (Wildman–Crippen LogP) is 4.80. The van der Waals surface area contributed by atoms with E-state index in [0.29, 0.717) is 17.1 Å². The van der Waals surface area contributed by atoms with Gasteiger partial charge in [0.05, 0.1) is 18.5 Å². The summed E-state index contributed by atoms with van der Waals surface area (Å²) < 4.78 is 31.5. The molecule has 6 heteroatoms. The third-order valence-corrected chi connectivity index (χ3v) is 5.58. The molecule has 4 nitrogen and oxygen atoms in total. The lowest BCUT2D eigenvalue weighted by Gasteiger charge is -2.23. The highest BCUT2D eigenvalue weighted by molar-refractivity contribution is 7.92. The van der Waals surface area contributed by atoms with Crippen LogP contribution in [0, 0.1) is 6.92 Å². The number of rotatable bonds is 6. The first-order valence-corrected chi connectivity index (χ1v) is 10.4. The number of benzene rings is 2. The topological polar surface area (TPSA) is 50.5 Å². The van der Waals surface area contributed by atoms with Crippen molar-refractivity contribution in [1.82, 2.24) is 0 Å². The number of nitrogens with zero attached hydrogens (tertiary/aromatic N) is 1. The van der Waals surface area contributed by atoms with Crippen molar-refractivity contribution >= 4 is 27.3 Å². The van der Waals surface area contributed by atoms with Crippen LogP contribution in [-0.4, -0.2) is 14.7 Å². The van der Waals surface area contributed by atoms with Crippen molar-refractivity contribution in [2.24, 2.45) is 0 Å². The third kappa shape index (κ3) is 4.48. The van der Waals surface area contributed by atoms with E-state index in [1.54, 1.807) is 6.07 Å². The Bertz CT molecular complexity index is 994. The molecule has 2 aromatic carbocycles. The van der Waals surface area contributed by atoms with Crippen molar-refractivity contribution in [2.75, 3.05) is 10.6 Å². The number of hydrogen-bond donors (Lipinski definition) is 0. The van der Waals surface area contributed by atoms with Crippen LogP contribution in [0.15, 0.2) is 65.1 Å². The molecule has 0 spiro atoms. The lowest BCUT2D eigenvalue weighted by molar-refractivity contribution is 0.493. The van der Waals surface area contributed by atoms with E-state index in [0.717, 1.165) is 22.6 Å². The summed E-state index contributed by atoms with van der Waals surface area (Å²) in [5.74, 6) is 1.76. The molecule has 0 aliphatic carbocycles. The van der Waals surface area contributed by atoms with Crippen molar-refractivity contribution in [3.63, 3.8) is 0 Å². The van der Waals surface area contributed by atoms with Crippen LogP contribution in [0.2, 0.25) is 5.02 Å². The average molecular weight is 390 g/mol. The second-order valence-electron chi connectivity index (χ2n) is 6.22. The molecule has 0 aliphatic rings. The molecule has 0 atom stereocenters. The highest BCUT2D eigenvalue weighted by Crippen LogP contribution is 2.25. The molecule has 0 unspecified atom stereocenters. The molecule has 3 aromatic rings. The van der Waals surface area contributed by atoms with Crippen LogP contribution in [0.1, 0.15) is 22.6 Å². The van der Waals surface area contributed by atoms with Gasteiger partial charge >= 0.3 is 0 Å². The van der Waals surface area contributed by atoms with Crippen molar-refractivity contribution in [1.29, 1.82) is 0 Å².